The first-order chi connectivity index (χ1) is 9.74. The molecule has 0 unspecified atom stereocenters. The minimum atomic E-state index is -0.902. The molecule has 7 heteroatoms. The Kier molecular flexibility index (Phi) is 3.62. The number of rotatable bonds is 4. The van der Waals surface area contributed by atoms with Crippen molar-refractivity contribution in [1.82, 2.24) is 19.6 Å². The van der Waals surface area contributed by atoms with E-state index < -0.39 is 11.9 Å². The Hall–Kier alpha value is -1.99. The van der Waals surface area contributed by atoms with Gasteiger partial charge in [-0.2, -0.15) is 4.98 Å². The summed E-state index contributed by atoms with van der Waals surface area (Å²) in [6, 6.07) is 7.94. The summed E-state index contributed by atoms with van der Waals surface area (Å²) in [6.07, 6.45) is 2.47. The van der Waals surface area contributed by atoms with Gasteiger partial charge in [-0.05, 0) is 12.1 Å². The highest BCUT2D eigenvalue weighted by atomic mass is 32.2. The average Bonchev–Trinajstić information content (AvgIpc) is 2.88. The van der Waals surface area contributed by atoms with Crippen LogP contribution < -0.4 is 0 Å². The van der Waals surface area contributed by atoms with Crippen LogP contribution in [0.5, 0.6) is 0 Å². The first-order valence-corrected chi connectivity index (χ1v) is 6.95. The van der Waals surface area contributed by atoms with Gasteiger partial charge in [0.25, 0.3) is 5.78 Å². The molecule has 0 aliphatic rings. The molecule has 0 amide bonds. The second-order valence-electron chi connectivity index (χ2n) is 4.11. The summed E-state index contributed by atoms with van der Waals surface area (Å²) in [5, 5.41) is 14.7. The molecule has 3 aromatic rings. The molecule has 0 radical (unpaired) electrons. The van der Waals surface area contributed by atoms with Crippen molar-refractivity contribution in [2.45, 2.75) is 11.3 Å². The summed E-state index contributed by atoms with van der Waals surface area (Å²) >= 11 is 1.26. The number of benzene rings is 1. The topological polar surface area (TPSA) is 63.3 Å². The Labute approximate surface area is 118 Å². The molecule has 2 aromatic heterocycles. The van der Waals surface area contributed by atoms with Crippen LogP contribution in [0.2, 0.25) is 0 Å². The SMILES string of the molecule is O[C@H](CSc1nc2ncccn2n1)c1ccccc1F. The van der Waals surface area contributed by atoms with Crippen molar-refractivity contribution in [3.05, 3.63) is 54.1 Å². The largest absolute Gasteiger partial charge is 0.387 e. The molecule has 0 bridgehead atoms. The lowest BCUT2D eigenvalue weighted by atomic mass is 10.1. The Morgan fingerprint density at radius 3 is 2.95 bits per heavy atom. The Morgan fingerprint density at radius 2 is 2.15 bits per heavy atom. The summed E-state index contributed by atoms with van der Waals surface area (Å²) in [6.45, 7) is 0. The predicted molar refractivity (Wildman–Crippen MR) is 72.9 cm³/mol. The summed E-state index contributed by atoms with van der Waals surface area (Å²) in [5.74, 6) is 0.360. The van der Waals surface area contributed by atoms with Gasteiger partial charge in [-0.3, -0.25) is 0 Å². The lowest BCUT2D eigenvalue weighted by Gasteiger charge is -2.09. The molecular formula is C13H11FN4OS. The lowest BCUT2D eigenvalue weighted by molar-refractivity contribution is 0.199. The fourth-order valence-corrected chi connectivity index (χ4v) is 2.54. The second-order valence-corrected chi connectivity index (χ2v) is 5.09. The van der Waals surface area contributed by atoms with Crippen molar-refractivity contribution in [1.29, 1.82) is 0 Å². The third-order valence-corrected chi connectivity index (χ3v) is 3.65. The molecular weight excluding hydrogens is 279 g/mol. The van der Waals surface area contributed by atoms with Crippen molar-refractivity contribution >= 4 is 17.5 Å². The molecule has 0 aliphatic carbocycles. The van der Waals surface area contributed by atoms with Crippen molar-refractivity contribution in [3.8, 4) is 0 Å². The number of hydrogen-bond donors (Lipinski definition) is 1. The predicted octanol–water partition coefficient (Wildman–Crippen LogP) is 2.09. The van der Waals surface area contributed by atoms with Crippen LogP contribution in [0.15, 0.2) is 47.9 Å². The number of thioether (sulfide) groups is 1. The van der Waals surface area contributed by atoms with Crippen LogP contribution in [-0.4, -0.2) is 30.4 Å². The number of nitrogens with zero attached hydrogens (tertiary/aromatic N) is 4. The fourth-order valence-electron chi connectivity index (χ4n) is 1.76. The van der Waals surface area contributed by atoms with Crippen LogP contribution in [0.1, 0.15) is 11.7 Å². The van der Waals surface area contributed by atoms with Gasteiger partial charge in [0.15, 0.2) is 0 Å². The maximum absolute atomic E-state index is 13.5. The highest BCUT2D eigenvalue weighted by Crippen LogP contribution is 2.24. The van der Waals surface area contributed by atoms with E-state index in [-0.39, 0.29) is 11.3 Å². The number of aliphatic hydroxyl groups is 1. The zero-order valence-corrected chi connectivity index (χ0v) is 11.2. The number of hydrogen-bond acceptors (Lipinski definition) is 5. The van der Waals surface area contributed by atoms with Crippen molar-refractivity contribution in [3.63, 3.8) is 0 Å². The molecule has 0 fully saturated rings. The third kappa shape index (κ3) is 2.63. The number of aliphatic hydroxyl groups excluding tert-OH is 1. The van der Waals surface area contributed by atoms with Gasteiger partial charge < -0.3 is 5.11 Å². The molecule has 0 aliphatic heterocycles. The number of fused-ring (bicyclic) bond motifs is 1. The summed E-state index contributed by atoms with van der Waals surface area (Å²) in [5.41, 5.74) is 0.280. The van der Waals surface area contributed by atoms with Crippen LogP contribution in [0.3, 0.4) is 0 Å². The van der Waals surface area contributed by atoms with Gasteiger partial charge in [-0.15, -0.1) is 5.10 Å². The molecule has 1 atom stereocenters. The average molecular weight is 290 g/mol. The molecule has 20 heavy (non-hydrogen) atoms. The molecule has 0 saturated heterocycles. The minimum absolute atomic E-state index is 0.276. The first-order valence-electron chi connectivity index (χ1n) is 5.97. The van der Waals surface area contributed by atoms with Crippen LogP contribution in [-0.2, 0) is 0 Å². The van der Waals surface area contributed by atoms with E-state index in [4.69, 9.17) is 0 Å². The zero-order chi connectivity index (χ0) is 13.9. The maximum atomic E-state index is 13.5. The van der Waals surface area contributed by atoms with Gasteiger partial charge in [0.05, 0.1) is 6.10 Å². The summed E-state index contributed by atoms with van der Waals surface area (Å²) in [7, 11) is 0. The van der Waals surface area contributed by atoms with E-state index in [1.54, 1.807) is 41.2 Å². The molecule has 2 heterocycles. The van der Waals surface area contributed by atoms with Crippen LogP contribution in [0, 0.1) is 5.82 Å². The van der Waals surface area contributed by atoms with E-state index >= 15 is 0 Å². The zero-order valence-electron chi connectivity index (χ0n) is 10.3. The normalized spacial score (nSPS) is 12.7. The van der Waals surface area contributed by atoms with Gasteiger partial charge in [0.1, 0.15) is 5.82 Å². The minimum Gasteiger partial charge on any atom is -0.387 e. The van der Waals surface area contributed by atoms with Crippen molar-refractivity contribution < 1.29 is 9.50 Å². The first kappa shape index (κ1) is 13.0. The van der Waals surface area contributed by atoms with E-state index in [1.165, 1.54) is 17.8 Å². The quantitative estimate of drug-likeness (QED) is 0.745. The second kappa shape index (κ2) is 5.56. The van der Waals surface area contributed by atoms with Crippen LogP contribution in [0.25, 0.3) is 5.78 Å². The molecule has 102 valence electrons. The molecule has 0 saturated carbocycles. The number of aromatic nitrogens is 4. The van der Waals surface area contributed by atoms with E-state index in [0.717, 1.165) is 0 Å². The maximum Gasteiger partial charge on any atom is 0.253 e. The van der Waals surface area contributed by atoms with E-state index in [2.05, 4.69) is 15.1 Å². The van der Waals surface area contributed by atoms with Gasteiger partial charge in [0, 0.05) is 23.7 Å². The Bertz CT molecular complexity index is 700. The Morgan fingerprint density at radius 1 is 1.30 bits per heavy atom. The molecule has 1 N–H and O–H groups in total. The van der Waals surface area contributed by atoms with Gasteiger partial charge in [-0.1, -0.05) is 30.0 Å². The Balaban J connectivity index is 1.71. The van der Waals surface area contributed by atoms with Crippen LogP contribution in [0.4, 0.5) is 4.39 Å². The van der Waals surface area contributed by atoms with Gasteiger partial charge in [-0.25, -0.2) is 13.9 Å². The van der Waals surface area contributed by atoms with Crippen LogP contribution >= 0.6 is 11.8 Å². The molecule has 5 nitrogen and oxygen atoms in total. The highest BCUT2D eigenvalue weighted by molar-refractivity contribution is 7.99. The lowest BCUT2D eigenvalue weighted by Crippen LogP contribution is -2.03. The van der Waals surface area contributed by atoms with Gasteiger partial charge >= 0.3 is 0 Å². The third-order valence-electron chi connectivity index (χ3n) is 2.73. The standard InChI is InChI=1S/C13H11FN4OS/c14-10-5-2-1-4-9(10)11(19)8-20-13-16-12-15-6-3-7-18(12)17-13/h1-7,11,19H,8H2/t11-/m1/s1. The van der Waals surface area contributed by atoms with Crippen molar-refractivity contribution in [2.24, 2.45) is 0 Å². The smallest absolute Gasteiger partial charge is 0.253 e. The van der Waals surface area contributed by atoms with E-state index in [0.29, 0.717) is 10.9 Å². The molecule has 0 spiro atoms. The molecule has 3 rings (SSSR count). The summed E-state index contributed by atoms with van der Waals surface area (Å²) < 4.78 is 15.1. The van der Waals surface area contributed by atoms with Crippen molar-refractivity contribution in [2.75, 3.05) is 5.75 Å². The van der Waals surface area contributed by atoms with E-state index in [1.807, 2.05) is 0 Å². The molecule has 1 aromatic carbocycles. The number of halogens is 1. The summed E-state index contributed by atoms with van der Waals surface area (Å²) in [4.78, 5) is 8.25. The fraction of sp³-hybridized carbons (Fsp3) is 0.154. The van der Waals surface area contributed by atoms with Gasteiger partial charge in [0.2, 0.25) is 5.16 Å². The van der Waals surface area contributed by atoms with E-state index in [9.17, 15) is 9.50 Å². The monoisotopic (exact) mass is 290 g/mol. The highest BCUT2D eigenvalue weighted by Gasteiger charge is 2.14.